The molecular formula is C8H5F2N7O2S. The van der Waals surface area contributed by atoms with E-state index in [-0.39, 0.29) is 21.3 Å². The minimum absolute atomic E-state index is 0.130. The van der Waals surface area contributed by atoms with Crippen LogP contribution in [-0.2, 0) is 7.05 Å². The van der Waals surface area contributed by atoms with Crippen molar-refractivity contribution in [3.05, 3.63) is 22.1 Å². The number of nitrogens with zero attached hydrogens (tertiary/aromatic N) is 7. The van der Waals surface area contributed by atoms with Gasteiger partial charge in [-0.15, -0.1) is 10.2 Å². The van der Waals surface area contributed by atoms with Gasteiger partial charge in [0.25, 0.3) is 6.43 Å². The quantitative estimate of drug-likeness (QED) is 0.535. The van der Waals surface area contributed by atoms with E-state index in [1.807, 2.05) is 0 Å². The molecule has 0 aliphatic heterocycles. The predicted octanol–water partition coefficient (Wildman–Crippen LogP) is 1.43. The maximum Gasteiger partial charge on any atom is 0.317 e. The molecule has 0 radical (unpaired) electrons. The highest BCUT2D eigenvalue weighted by atomic mass is 32.1. The summed E-state index contributed by atoms with van der Waals surface area (Å²) in [5, 5.41) is 25.6. The summed E-state index contributed by atoms with van der Waals surface area (Å²) in [7, 11) is 1.50. The Labute approximate surface area is 112 Å². The molecule has 0 aliphatic rings. The standard InChI is InChI=1S/C8H5F2N7O2S/c1-15-4(3(2-11-15)17(18)19)7-14-16-6(5(9)10)12-13-8(16)20-7/h2,5H,1H3. The summed E-state index contributed by atoms with van der Waals surface area (Å²) < 4.78 is 27.5. The Morgan fingerprint density at radius 3 is 2.85 bits per heavy atom. The zero-order valence-electron chi connectivity index (χ0n) is 9.77. The first kappa shape index (κ1) is 12.5. The topological polar surface area (TPSA) is 104 Å². The van der Waals surface area contributed by atoms with Crippen LogP contribution < -0.4 is 0 Å². The van der Waals surface area contributed by atoms with Crippen molar-refractivity contribution in [1.82, 2.24) is 29.6 Å². The lowest BCUT2D eigenvalue weighted by Gasteiger charge is -1.96. The van der Waals surface area contributed by atoms with Crippen LogP contribution in [0.5, 0.6) is 0 Å². The smallest absolute Gasteiger partial charge is 0.259 e. The molecule has 0 unspecified atom stereocenters. The van der Waals surface area contributed by atoms with Crippen LogP contribution in [0.3, 0.4) is 0 Å². The molecule has 3 aromatic heterocycles. The summed E-state index contributed by atoms with van der Waals surface area (Å²) in [6.07, 6.45) is -1.76. The van der Waals surface area contributed by atoms with Crippen LogP contribution in [0.4, 0.5) is 14.5 Å². The van der Waals surface area contributed by atoms with Crippen molar-refractivity contribution in [3.63, 3.8) is 0 Å². The summed E-state index contributed by atoms with van der Waals surface area (Å²) >= 11 is 0.919. The summed E-state index contributed by atoms with van der Waals surface area (Å²) in [6.45, 7) is 0. The third-order valence-corrected chi connectivity index (χ3v) is 3.43. The number of rotatable bonds is 3. The van der Waals surface area contributed by atoms with Gasteiger partial charge in [0.05, 0.1) is 4.92 Å². The molecule has 104 valence electrons. The monoisotopic (exact) mass is 301 g/mol. The number of hydrogen-bond donors (Lipinski definition) is 0. The molecule has 9 nitrogen and oxygen atoms in total. The molecule has 12 heteroatoms. The van der Waals surface area contributed by atoms with E-state index in [4.69, 9.17) is 0 Å². The number of aryl methyl sites for hydroxylation is 1. The van der Waals surface area contributed by atoms with Crippen molar-refractivity contribution in [1.29, 1.82) is 0 Å². The van der Waals surface area contributed by atoms with Crippen molar-refractivity contribution >= 4 is 22.0 Å². The zero-order valence-corrected chi connectivity index (χ0v) is 10.6. The summed E-state index contributed by atoms with van der Waals surface area (Å²) in [4.78, 5) is 10.4. The minimum Gasteiger partial charge on any atom is -0.259 e. The first-order chi connectivity index (χ1) is 9.49. The van der Waals surface area contributed by atoms with Gasteiger partial charge >= 0.3 is 5.69 Å². The van der Waals surface area contributed by atoms with Crippen molar-refractivity contribution in [2.45, 2.75) is 6.43 Å². The Morgan fingerprint density at radius 2 is 2.20 bits per heavy atom. The molecule has 0 amide bonds. The van der Waals surface area contributed by atoms with Crippen LogP contribution in [0, 0.1) is 10.1 Å². The van der Waals surface area contributed by atoms with Crippen LogP contribution in [-0.4, -0.2) is 34.5 Å². The van der Waals surface area contributed by atoms with E-state index in [0.717, 1.165) is 22.0 Å². The largest absolute Gasteiger partial charge is 0.317 e. The molecule has 0 bridgehead atoms. The Hall–Kier alpha value is -2.50. The van der Waals surface area contributed by atoms with Crippen molar-refractivity contribution < 1.29 is 13.7 Å². The van der Waals surface area contributed by atoms with E-state index in [1.165, 1.54) is 11.7 Å². The van der Waals surface area contributed by atoms with Crippen LogP contribution in [0.1, 0.15) is 12.2 Å². The number of nitro groups is 1. The van der Waals surface area contributed by atoms with Gasteiger partial charge in [0.2, 0.25) is 10.8 Å². The SMILES string of the molecule is Cn1ncc([N+](=O)[O-])c1-c1nn2c(C(F)F)nnc2s1. The fourth-order valence-corrected chi connectivity index (χ4v) is 2.60. The summed E-state index contributed by atoms with van der Waals surface area (Å²) in [5.41, 5.74) is -0.123. The highest BCUT2D eigenvalue weighted by molar-refractivity contribution is 7.19. The molecule has 3 rings (SSSR count). The van der Waals surface area contributed by atoms with Gasteiger partial charge in [0, 0.05) is 7.05 Å². The Morgan fingerprint density at radius 1 is 1.45 bits per heavy atom. The Kier molecular flexibility index (Phi) is 2.67. The van der Waals surface area contributed by atoms with Gasteiger partial charge in [-0.05, 0) is 0 Å². The number of alkyl halides is 2. The molecule has 0 aromatic carbocycles. The second-order valence-corrected chi connectivity index (χ2v) is 4.68. The third-order valence-electron chi connectivity index (χ3n) is 2.53. The second kappa shape index (κ2) is 4.26. The molecule has 0 N–H and O–H groups in total. The van der Waals surface area contributed by atoms with E-state index in [2.05, 4.69) is 20.4 Å². The van der Waals surface area contributed by atoms with E-state index in [0.29, 0.717) is 0 Å². The number of aromatic nitrogens is 6. The van der Waals surface area contributed by atoms with Gasteiger partial charge in [-0.25, -0.2) is 8.78 Å². The van der Waals surface area contributed by atoms with Gasteiger partial charge in [-0.3, -0.25) is 14.8 Å². The van der Waals surface area contributed by atoms with E-state index < -0.39 is 17.2 Å². The molecular weight excluding hydrogens is 296 g/mol. The molecule has 3 aromatic rings. The van der Waals surface area contributed by atoms with E-state index in [9.17, 15) is 18.9 Å². The van der Waals surface area contributed by atoms with Crippen LogP contribution in [0.2, 0.25) is 0 Å². The average Bonchev–Trinajstić information content (AvgIpc) is 2.99. The minimum atomic E-state index is -2.83. The Bertz CT molecular complexity index is 807. The van der Waals surface area contributed by atoms with Crippen LogP contribution in [0.15, 0.2) is 6.20 Å². The zero-order chi connectivity index (χ0) is 14.4. The lowest BCUT2D eigenvalue weighted by molar-refractivity contribution is -0.384. The first-order valence-corrected chi connectivity index (χ1v) is 5.97. The van der Waals surface area contributed by atoms with Gasteiger partial charge in [0.1, 0.15) is 6.20 Å². The molecule has 0 spiro atoms. The number of hydrogen-bond acceptors (Lipinski definition) is 7. The molecule has 20 heavy (non-hydrogen) atoms. The highest BCUT2D eigenvalue weighted by Gasteiger charge is 2.26. The molecule has 0 fully saturated rings. The van der Waals surface area contributed by atoms with Gasteiger partial charge in [-0.2, -0.15) is 14.7 Å². The molecule has 0 aliphatic carbocycles. The number of fused-ring (bicyclic) bond motifs is 1. The maximum absolute atomic E-state index is 12.7. The molecule has 0 atom stereocenters. The van der Waals surface area contributed by atoms with Crippen LogP contribution >= 0.6 is 11.3 Å². The summed E-state index contributed by atoms with van der Waals surface area (Å²) in [6, 6.07) is 0. The van der Waals surface area contributed by atoms with Crippen molar-refractivity contribution in [2.24, 2.45) is 7.05 Å². The Balaban J connectivity index is 2.20. The predicted molar refractivity (Wildman–Crippen MR) is 62.5 cm³/mol. The first-order valence-electron chi connectivity index (χ1n) is 5.16. The fraction of sp³-hybridized carbons (Fsp3) is 0.250. The van der Waals surface area contributed by atoms with E-state index in [1.54, 1.807) is 0 Å². The lowest BCUT2D eigenvalue weighted by atomic mass is 10.4. The molecule has 0 saturated heterocycles. The third kappa shape index (κ3) is 1.72. The maximum atomic E-state index is 12.7. The van der Waals surface area contributed by atoms with Crippen molar-refractivity contribution in [2.75, 3.05) is 0 Å². The number of halogens is 2. The van der Waals surface area contributed by atoms with Gasteiger partial charge in [-0.1, -0.05) is 11.3 Å². The van der Waals surface area contributed by atoms with Gasteiger partial charge in [0.15, 0.2) is 10.7 Å². The highest BCUT2D eigenvalue weighted by Crippen LogP contribution is 2.33. The van der Waals surface area contributed by atoms with Crippen molar-refractivity contribution in [3.8, 4) is 10.7 Å². The second-order valence-electron chi connectivity index (χ2n) is 3.72. The molecule has 3 heterocycles. The lowest BCUT2D eigenvalue weighted by Crippen LogP contribution is -1.99. The van der Waals surface area contributed by atoms with Gasteiger partial charge < -0.3 is 0 Å². The summed E-state index contributed by atoms with van der Waals surface area (Å²) in [5.74, 6) is -0.604. The fourth-order valence-electron chi connectivity index (χ4n) is 1.67. The van der Waals surface area contributed by atoms with E-state index >= 15 is 0 Å². The molecule has 0 saturated carbocycles. The normalized spacial score (nSPS) is 11.6. The average molecular weight is 301 g/mol. The van der Waals surface area contributed by atoms with Crippen LogP contribution in [0.25, 0.3) is 15.7 Å².